The Labute approximate surface area is 153 Å². The highest BCUT2D eigenvalue weighted by molar-refractivity contribution is 5.71. The van der Waals surface area contributed by atoms with Crippen LogP contribution >= 0.6 is 0 Å². The molecule has 0 atom stereocenters. The molecule has 0 amide bonds. The molecule has 0 bridgehead atoms. The number of fused-ring (bicyclic) bond motifs is 1. The van der Waals surface area contributed by atoms with Crippen LogP contribution in [0, 0.1) is 17.5 Å². The van der Waals surface area contributed by atoms with E-state index in [-0.39, 0.29) is 5.82 Å². The minimum absolute atomic E-state index is 0.154. The van der Waals surface area contributed by atoms with Gasteiger partial charge in [0.05, 0.1) is 0 Å². The van der Waals surface area contributed by atoms with Crippen LogP contribution in [-0.4, -0.2) is 0 Å². The molecule has 2 aromatic carbocycles. The number of benzene rings is 2. The first-order chi connectivity index (χ1) is 12.6. The number of rotatable bonds is 6. The van der Waals surface area contributed by atoms with Crippen molar-refractivity contribution in [2.75, 3.05) is 0 Å². The third-order valence-corrected chi connectivity index (χ3v) is 5.29. The average Bonchev–Trinajstić information content (AvgIpc) is 2.65. The molecule has 0 saturated carbocycles. The van der Waals surface area contributed by atoms with Crippen LogP contribution in [-0.2, 0) is 25.7 Å². The lowest BCUT2D eigenvalue weighted by molar-refractivity contribution is 0.493. The zero-order valence-corrected chi connectivity index (χ0v) is 15.5. The summed E-state index contributed by atoms with van der Waals surface area (Å²) in [7, 11) is 0. The van der Waals surface area contributed by atoms with Gasteiger partial charge >= 0.3 is 0 Å². The average molecular weight is 358 g/mol. The zero-order valence-electron chi connectivity index (χ0n) is 15.5. The van der Waals surface area contributed by atoms with Crippen molar-refractivity contribution in [2.24, 2.45) is 0 Å². The highest BCUT2D eigenvalue weighted by Crippen LogP contribution is 2.33. The van der Waals surface area contributed by atoms with E-state index in [9.17, 15) is 13.2 Å². The van der Waals surface area contributed by atoms with Crippen LogP contribution < -0.4 is 0 Å². The molecule has 0 heterocycles. The van der Waals surface area contributed by atoms with Crippen LogP contribution in [0.5, 0.6) is 0 Å². The van der Waals surface area contributed by atoms with Gasteiger partial charge in [-0.05, 0) is 59.9 Å². The molecule has 0 unspecified atom stereocenters. The van der Waals surface area contributed by atoms with Crippen molar-refractivity contribution in [3.63, 3.8) is 0 Å². The fourth-order valence-corrected chi connectivity index (χ4v) is 3.67. The summed E-state index contributed by atoms with van der Waals surface area (Å²) < 4.78 is 43.5. The number of aryl methyl sites for hydroxylation is 2. The minimum Gasteiger partial charge on any atom is -0.206 e. The van der Waals surface area contributed by atoms with Crippen LogP contribution in [0.3, 0.4) is 0 Å². The Balaban J connectivity index is 1.86. The van der Waals surface area contributed by atoms with Crippen molar-refractivity contribution in [3.05, 3.63) is 75.6 Å². The second-order valence-corrected chi connectivity index (χ2v) is 7.00. The Morgan fingerprint density at radius 2 is 1.62 bits per heavy atom. The molecular weight excluding hydrogens is 333 g/mol. The summed E-state index contributed by atoms with van der Waals surface area (Å²) in [4.78, 5) is 0. The lowest BCUT2D eigenvalue weighted by Crippen LogP contribution is -2.09. The van der Waals surface area contributed by atoms with Gasteiger partial charge in [0.25, 0.3) is 0 Å². The van der Waals surface area contributed by atoms with Gasteiger partial charge < -0.3 is 0 Å². The SMILES string of the molecule is CCCCCc1ccc(C2=CCc3c(ccc(CC)c3F)C2)c(F)c1F. The van der Waals surface area contributed by atoms with Gasteiger partial charge in [-0.15, -0.1) is 0 Å². The van der Waals surface area contributed by atoms with Crippen LogP contribution in [0.4, 0.5) is 13.2 Å². The normalized spacial score (nSPS) is 13.5. The molecule has 1 aliphatic rings. The number of halogens is 3. The summed E-state index contributed by atoms with van der Waals surface area (Å²) in [6.45, 7) is 4.01. The highest BCUT2D eigenvalue weighted by atomic mass is 19.2. The maximum absolute atomic E-state index is 14.6. The van der Waals surface area contributed by atoms with E-state index in [1.165, 1.54) is 0 Å². The second-order valence-electron chi connectivity index (χ2n) is 7.00. The summed E-state index contributed by atoms with van der Waals surface area (Å²) in [6, 6.07) is 7.08. The summed E-state index contributed by atoms with van der Waals surface area (Å²) in [5.41, 5.74) is 3.73. The Kier molecular flexibility index (Phi) is 5.85. The molecule has 0 aromatic heterocycles. The molecule has 0 fully saturated rings. The fourth-order valence-electron chi connectivity index (χ4n) is 3.67. The molecule has 0 spiro atoms. The molecule has 0 nitrogen and oxygen atoms in total. The Hall–Kier alpha value is -2.03. The third-order valence-electron chi connectivity index (χ3n) is 5.29. The first-order valence-corrected chi connectivity index (χ1v) is 9.52. The van der Waals surface area contributed by atoms with Crippen molar-refractivity contribution < 1.29 is 13.2 Å². The minimum atomic E-state index is -0.778. The number of hydrogen-bond acceptors (Lipinski definition) is 0. The summed E-state index contributed by atoms with van der Waals surface area (Å²) in [6.07, 6.45) is 6.81. The lowest BCUT2D eigenvalue weighted by atomic mass is 9.86. The molecule has 2 aromatic rings. The molecule has 0 N–H and O–H groups in total. The Morgan fingerprint density at radius 3 is 2.35 bits per heavy atom. The zero-order chi connectivity index (χ0) is 18.7. The van der Waals surface area contributed by atoms with Gasteiger partial charge in [-0.2, -0.15) is 0 Å². The summed E-state index contributed by atoms with van der Waals surface area (Å²) >= 11 is 0. The Bertz CT molecular complexity index is 834. The van der Waals surface area contributed by atoms with Crippen LogP contribution in [0.25, 0.3) is 5.57 Å². The first kappa shape index (κ1) is 18.8. The molecule has 0 saturated heterocycles. The van der Waals surface area contributed by atoms with E-state index in [4.69, 9.17) is 0 Å². The van der Waals surface area contributed by atoms with Gasteiger partial charge in [-0.3, -0.25) is 0 Å². The monoisotopic (exact) mass is 358 g/mol. The Morgan fingerprint density at radius 1 is 0.846 bits per heavy atom. The van der Waals surface area contributed by atoms with Crippen molar-refractivity contribution in [3.8, 4) is 0 Å². The van der Waals surface area contributed by atoms with E-state index in [0.717, 1.165) is 30.4 Å². The fraction of sp³-hybridized carbons (Fsp3) is 0.391. The van der Waals surface area contributed by atoms with Gasteiger partial charge in [-0.25, -0.2) is 13.2 Å². The molecule has 3 rings (SSSR count). The van der Waals surface area contributed by atoms with Gasteiger partial charge in [-0.1, -0.05) is 57.0 Å². The number of hydrogen-bond donors (Lipinski definition) is 0. The molecule has 1 aliphatic carbocycles. The molecule has 26 heavy (non-hydrogen) atoms. The summed E-state index contributed by atoms with van der Waals surface area (Å²) in [5.74, 6) is -1.67. The molecule has 0 aliphatic heterocycles. The quantitative estimate of drug-likeness (QED) is 0.512. The highest BCUT2D eigenvalue weighted by Gasteiger charge is 2.21. The van der Waals surface area contributed by atoms with Gasteiger partial charge in [0, 0.05) is 5.56 Å². The second kappa shape index (κ2) is 8.11. The topological polar surface area (TPSA) is 0 Å². The van der Waals surface area contributed by atoms with Crippen molar-refractivity contribution in [1.29, 1.82) is 0 Å². The predicted octanol–water partition coefficient (Wildman–Crippen LogP) is 6.58. The standard InChI is InChI=1S/C23H25F3/c1-3-5-6-7-16-10-12-20(23(26)22(16)25)18-11-13-19-17(14-18)9-8-15(4-2)21(19)24/h8-12H,3-7,13-14H2,1-2H3. The van der Waals surface area contributed by atoms with Crippen LogP contribution in [0.2, 0.25) is 0 Å². The van der Waals surface area contributed by atoms with E-state index in [1.54, 1.807) is 18.2 Å². The van der Waals surface area contributed by atoms with Crippen molar-refractivity contribution in [1.82, 2.24) is 0 Å². The lowest BCUT2D eigenvalue weighted by Gasteiger charge is -2.20. The molecular formula is C23H25F3. The van der Waals surface area contributed by atoms with Crippen molar-refractivity contribution >= 4 is 5.57 Å². The van der Waals surface area contributed by atoms with Gasteiger partial charge in [0.15, 0.2) is 11.6 Å². The van der Waals surface area contributed by atoms with E-state index < -0.39 is 11.6 Å². The largest absolute Gasteiger partial charge is 0.206 e. The maximum Gasteiger partial charge on any atom is 0.166 e. The van der Waals surface area contributed by atoms with Crippen molar-refractivity contribution in [2.45, 2.75) is 58.8 Å². The van der Waals surface area contributed by atoms with Gasteiger partial charge in [0.2, 0.25) is 0 Å². The van der Waals surface area contributed by atoms with E-state index in [1.807, 2.05) is 19.1 Å². The third kappa shape index (κ3) is 3.58. The smallest absolute Gasteiger partial charge is 0.166 e. The van der Waals surface area contributed by atoms with Crippen LogP contribution in [0.1, 0.15) is 60.9 Å². The molecule has 3 heteroatoms. The molecule has 0 radical (unpaired) electrons. The predicted molar refractivity (Wildman–Crippen MR) is 101 cm³/mol. The first-order valence-electron chi connectivity index (χ1n) is 9.52. The number of allylic oxidation sites excluding steroid dienone is 2. The molecule has 138 valence electrons. The van der Waals surface area contributed by atoms with E-state index >= 15 is 0 Å². The number of unbranched alkanes of at least 4 members (excludes halogenated alkanes) is 2. The summed E-state index contributed by atoms with van der Waals surface area (Å²) in [5, 5.41) is 0. The van der Waals surface area contributed by atoms with E-state index in [0.29, 0.717) is 47.9 Å². The van der Waals surface area contributed by atoms with Gasteiger partial charge in [0.1, 0.15) is 5.82 Å². The maximum atomic E-state index is 14.6. The van der Waals surface area contributed by atoms with Crippen LogP contribution in [0.15, 0.2) is 30.3 Å². The van der Waals surface area contributed by atoms with E-state index in [2.05, 4.69) is 6.92 Å².